The minimum atomic E-state index is 0.0738. The van der Waals surface area contributed by atoms with Crippen molar-refractivity contribution in [2.24, 2.45) is 7.05 Å². The Morgan fingerprint density at radius 1 is 0.900 bits per heavy atom. The number of nitrogens with zero attached hydrogens (tertiary/aromatic N) is 4. The van der Waals surface area contributed by atoms with Crippen LogP contribution in [0.2, 0.25) is 0 Å². The summed E-state index contributed by atoms with van der Waals surface area (Å²) in [7, 11) is 1.86. The number of para-hydroxylation sites is 3. The van der Waals surface area contributed by atoms with Gasteiger partial charge in [0, 0.05) is 57.8 Å². The van der Waals surface area contributed by atoms with Crippen LogP contribution in [0.5, 0.6) is 5.75 Å². The molecule has 210 valence electrons. The highest BCUT2D eigenvalue weighted by atomic mass is 16.5. The number of hydrogen-bond acceptors (Lipinski definition) is 4. The second kappa shape index (κ2) is 12.6. The van der Waals surface area contributed by atoms with E-state index in [2.05, 4.69) is 17.0 Å². The summed E-state index contributed by atoms with van der Waals surface area (Å²) in [5.41, 5.74) is 5.11. The zero-order valence-electron chi connectivity index (χ0n) is 23.9. The molecule has 1 aliphatic heterocycles. The number of rotatable bonds is 10. The van der Waals surface area contributed by atoms with Gasteiger partial charge < -0.3 is 9.64 Å². The molecule has 1 aromatic heterocycles. The molecule has 0 unspecified atom stereocenters. The molecule has 0 bridgehead atoms. The van der Waals surface area contributed by atoms with Crippen LogP contribution in [0.4, 0.5) is 0 Å². The van der Waals surface area contributed by atoms with E-state index >= 15 is 0 Å². The van der Waals surface area contributed by atoms with E-state index in [1.165, 1.54) is 0 Å². The quantitative estimate of drug-likeness (QED) is 0.280. The molecule has 40 heavy (non-hydrogen) atoms. The van der Waals surface area contributed by atoms with E-state index in [4.69, 9.17) is 4.74 Å². The molecule has 1 fully saturated rings. The van der Waals surface area contributed by atoms with Gasteiger partial charge in [0.2, 0.25) is 0 Å². The fraction of sp³-hybridized carbons (Fsp3) is 0.394. The maximum atomic E-state index is 12.9. The first-order valence-electron chi connectivity index (χ1n) is 14.5. The Labute approximate surface area is 236 Å². The van der Waals surface area contributed by atoms with E-state index in [1.54, 1.807) is 4.57 Å². The predicted octanol–water partition coefficient (Wildman–Crippen LogP) is 5.13. The third-order valence-corrected chi connectivity index (χ3v) is 8.20. The third kappa shape index (κ3) is 5.85. The highest BCUT2D eigenvalue weighted by Gasteiger charge is 2.24. The molecule has 0 spiro atoms. The molecule has 7 heteroatoms. The van der Waals surface area contributed by atoms with Crippen molar-refractivity contribution in [3.8, 4) is 5.75 Å². The summed E-state index contributed by atoms with van der Waals surface area (Å²) in [5, 5.41) is 0. The van der Waals surface area contributed by atoms with Crippen molar-refractivity contribution < 1.29 is 9.53 Å². The second-order valence-corrected chi connectivity index (χ2v) is 10.6. The lowest BCUT2D eigenvalue weighted by Gasteiger charge is -2.32. The Morgan fingerprint density at radius 2 is 1.55 bits per heavy atom. The Hall–Kier alpha value is -3.84. The Balaban J connectivity index is 1.14. The van der Waals surface area contributed by atoms with Gasteiger partial charge in [0.1, 0.15) is 12.4 Å². The summed E-state index contributed by atoms with van der Waals surface area (Å²) in [6.45, 7) is 8.80. The molecule has 1 saturated heterocycles. The number of carbonyl (C=O) groups excluding carboxylic acids is 1. The van der Waals surface area contributed by atoms with Gasteiger partial charge >= 0.3 is 5.69 Å². The number of amides is 1. The molecule has 0 atom stereocenters. The van der Waals surface area contributed by atoms with E-state index in [-0.39, 0.29) is 17.6 Å². The van der Waals surface area contributed by atoms with Crippen molar-refractivity contribution in [1.82, 2.24) is 18.9 Å². The number of aryl methyl sites for hydroxylation is 1. The van der Waals surface area contributed by atoms with Gasteiger partial charge in [0.25, 0.3) is 5.91 Å². The molecule has 4 aromatic rings. The molecule has 2 heterocycles. The zero-order valence-corrected chi connectivity index (χ0v) is 23.9. The van der Waals surface area contributed by atoms with Gasteiger partial charge in [-0.1, -0.05) is 42.5 Å². The van der Waals surface area contributed by atoms with Crippen LogP contribution in [0.25, 0.3) is 11.0 Å². The summed E-state index contributed by atoms with van der Waals surface area (Å²) in [6.07, 6.45) is 2.66. The molecule has 5 rings (SSSR count). The minimum absolute atomic E-state index is 0.0738. The number of carbonyl (C=O) groups is 1. The third-order valence-electron chi connectivity index (χ3n) is 8.20. The van der Waals surface area contributed by atoms with Crippen molar-refractivity contribution in [2.45, 2.75) is 39.2 Å². The summed E-state index contributed by atoms with van der Waals surface area (Å²) < 4.78 is 10.0. The summed E-state index contributed by atoms with van der Waals surface area (Å²) in [4.78, 5) is 29.8. The molecular weight excluding hydrogens is 500 g/mol. The highest BCUT2D eigenvalue weighted by Crippen LogP contribution is 2.26. The number of fused-ring (bicyclic) bond motifs is 1. The average Bonchev–Trinajstić information content (AvgIpc) is 3.25. The van der Waals surface area contributed by atoms with Gasteiger partial charge in [0.05, 0.1) is 11.0 Å². The molecule has 0 saturated carbocycles. The van der Waals surface area contributed by atoms with E-state index in [1.807, 2.05) is 91.0 Å². The standard InChI is InChI=1S/C33H40N4O3/c1-4-36(5-2)32(38)26-16-14-25(15-17-26)24-27-10-6-9-13-31(27)40-23-22-35-20-18-28(19-21-35)37-30-12-8-7-11-29(30)34(3)33(37)39/h6-17,28H,4-5,18-24H2,1-3H3. The smallest absolute Gasteiger partial charge is 0.329 e. The summed E-state index contributed by atoms with van der Waals surface area (Å²) >= 11 is 0. The van der Waals surface area contributed by atoms with Crippen LogP contribution in [0.1, 0.15) is 54.2 Å². The summed E-state index contributed by atoms with van der Waals surface area (Å²) in [6, 6.07) is 24.4. The maximum absolute atomic E-state index is 12.9. The molecule has 0 aliphatic carbocycles. The van der Waals surface area contributed by atoms with Crippen LogP contribution in [0, 0.1) is 0 Å². The lowest BCUT2D eigenvalue weighted by molar-refractivity contribution is 0.0773. The Kier molecular flexibility index (Phi) is 8.70. The van der Waals surface area contributed by atoms with Crippen LogP contribution >= 0.6 is 0 Å². The van der Waals surface area contributed by atoms with Crippen molar-refractivity contribution in [3.63, 3.8) is 0 Å². The number of piperidine rings is 1. The number of hydrogen-bond donors (Lipinski definition) is 0. The fourth-order valence-corrected chi connectivity index (χ4v) is 5.83. The Morgan fingerprint density at radius 3 is 2.25 bits per heavy atom. The van der Waals surface area contributed by atoms with Crippen LogP contribution in [0.15, 0.2) is 77.6 Å². The van der Waals surface area contributed by atoms with E-state index < -0.39 is 0 Å². The van der Waals surface area contributed by atoms with E-state index in [9.17, 15) is 9.59 Å². The molecule has 0 radical (unpaired) electrons. The topological polar surface area (TPSA) is 59.7 Å². The second-order valence-electron chi connectivity index (χ2n) is 10.6. The van der Waals surface area contributed by atoms with Crippen molar-refractivity contribution >= 4 is 16.9 Å². The Bertz CT molecular complexity index is 1490. The molecule has 0 N–H and O–H groups in total. The first kappa shape index (κ1) is 27.7. The van der Waals surface area contributed by atoms with Gasteiger partial charge in [-0.05, 0) is 68.1 Å². The maximum Gasteiger partial charge on any atom is 0.329 e. The molecule has 1 amide bonds. The molecule has 3 aromatic carbocycles. The molecular formula is C33H40N4O3. The van der Waals surface area contributed by atoms with Crippen LogP contribution in [-0.4, -0.2) is 64.2 Å². The van der Waals surface area contributed by atoms with Gasteiger partial charge in [-0.3, -0.25) is 18.8 Å². The first-order valence-corrected chi connectivity index (χ1v) is 14.5. The number of likely N-dealkylation sites (tertiary alicyclic amines) is 1. The normalized spacial score (nSPS) is 14.5. The molecule has 7 nitrogen and oxygen atoms in total. The van der Waals surface area contributed by atoms with Crippen LogP contribution in [0.3, 0.4) is 0 Å². The highest BCUT2D eigenvalue weighted by molar-refractivity contribution is 5.94. The van der Waals surface area contributed by atoms with Gasteiger partial charge in [-0.15, -0.1) is 0 Å². The monoisotopic (exact) mass is 540 g/mol. The number of aromatic nitrogens is 2. The fourth-order valence-electron chi connectivity index (χ4n) is 5.83. The average molecular weight is 541 g/mol. The minimum Gasteiger partial charge on any atom is -0.492 e. The predicted molar refractivity (Wildman–Crippen MR) is 160 cm³/mol. The van der Waals surface area contributed by atoms with Crippen molar-refractivity contribution in [1.29, 1.82) is 0 Å². The van der Waals surface area contributed by atoms with Crippen LogP contribution in [-0.2, 0) is 13.5 Å². The van der Waals surface area contributed by atoms with Gasteiger partial charge in [0.15, 0.2) is 0 Å². The summed E-state index contributed by atoms with van der Waals surface area (Å²) in [5.74, 6) is 0.983. The van der Waals surface area contributed by atoms with Crippen molar-refractivity contribution in [3.05, 3.63) is 100.0 Å². The van der Waals surface area contributed by atoms with Gasteiger partial charge in [-0.25, -0.2) is 4.79 Å². The molecule has 1 aliphatic rings. The number of benzene rings is 3. The van der Waals surface area contributed by atoms with E-state index in [0.29, 0.717) is 19.7 Å². The van der Waals surface area contributed by atoms with Gasteiger partial charge in [-0.2, -0.15) is 0 Å². The lowest BCUT2D eigenvalue weighted by Crippen LogP contribution is -2.39. The van der Waals surface area contributed by atoms with E-state index in [0.717, 1.165) is 72.4 Å². The largest absolute Gasteiger partial charge is 0.492 e. The first-order chi connectivity index (χ1) is 19.5. The SMILES string of the molecule is CCN(CC)C(=O)c1ccc(Cc2ccccc2OCCN2CCC(n3c(=O)n(C)c4ccccc43)CC2)cc1. The van der Waals surface area contributed by atoms with Crippen LogP contribution < -0.4 is 10.4 Å². The van der Waals surface area contributed by atoms with Crippen molar-refractivity contribution in [2.75, 3.05) is 39.3 Å². The number of ether oxygens (including phenoxy) is 1. The number of imidazole rings is 1. The lowest BCUT2D eigenvalue weighted by atomic mass is 10.0. The zero-order chi connectivity index (χ0) is 28.1.